The second kappa shape index (κ2) is 9.91. The number of aromatic nitrogens is 3. The van der Waals surface area contributed by atoms with E-state index in [1.165, 1.54) is 7.11 Å². The van der Waals surface area contributed by atoms with Crippen LogP contribution in [0, 0.1) is 0 Å². The first kappa shape index (κ1) is 19.9. The van der Waals surface area contributed by atoms with Gasteiger partial charge < -0.3 is 20.3 Å². The zero-order chi connectivity index (χ0) is 19.8. The molecule has 1 amide bonds. The summed E-state index contributed by atoms with van der Waals surface area (Å²) >= 11 is 0. The number of amides is 1. The van der Waals surface area contributed by atoms with Crippen molar-refractivity contribution in [2.45, 2.75) is 38.6 Å². The minimum absolute atomic E-state index is 0.250. The van der Waals surface area contributed by atoms with Gasteiger partial charge in [-0.15, -0.1) is 10.2 Å². The zero-order valence-corrected chi connectivity index (χ0v) is 16.6. The van der Waals surface area contributed by atoms with Crippen LogP contribution in [0.1, 0.15) is 32.0 Å². The fourth-order valence-electron chi connectivity index (χ4n) is 3.34. The number of hydrogen-bond donors (Lipinski definition) is 2. The summed E-state index contributed by atoms with van der Waals surface area (Å²) in [6.07, 6.45) is 5.22. The van der Waals surface area contributed by atoms with Gasteiger partial charge in [0, 0.05) is 44.8 Å². The molecule has 3 rings (SSSR count). The third-order valence-corrected chi connectivity index (χ3v) is 4.83. The number of nitrogens with zero attached hydrogens (tertiary/aromatic N) is 5. The van der Waals surface area contributed by atoms with E-state index in [1.54, 1.807) is 4.90 Å². The van der Waals surface area contributed by atoms with E-state index in [9.17, 15) is 4.79 Å². The maximum Gasteiger partial charge on any atom is 0.409 e. The van der Waals surface area contributed by atoms with Crippen LogP contribution in [0.15, 0.2) is 29.4 Å². The van der Waals surface area contributed by atoms with Gasteiger partial charge in [0.2, 0.25) is 0 Å². The summed E-state index contributed by atoms with van der Waals surface area (Å²) in [6.45, 7) is 4.96. The molecule has 152 valence electrons. The van der Waals surface area contributed by atoms with Crippen LogP contribution in [-0.4, -0.2) is 70.9 Å². The maximum absolute atomic E-state index is 11.6. The number of carbonyl (C=O) groups excluding carboxylic acids is 1. The molecule has 0 unspecified atom stereocenters. The van der Waals surface area contributed by atoms with Crippen LogP contribution >= 0.6 is 0 Å². The topological polar surface area (TPSA) is 96.1 Å². The van der Waals surface area contributed by atoms with E-state index in [4.69, 9.17) is 4.74 Å². The molecular formula is C19H29N7O2. The Hall–Kier alpha value is -2.84. The second-order valence-electron chi connectivity index (χ2n) is 6.78. The molecule has 1 aliphatic heterocycles. The van der Waals surface area contributed by atoms with Gasteiger partial charge in [-0.3, -0.25) is 9.39 Å². The Morgan fingerprint density at radius 1 is 1.32 bits per heavy atom. The van der Waals surface area contributed by atoms with Gasteiger partial charge in [0.1, 0.15) is 5.82 Å². The van der Waals surface area contributed by atoms with Crippen LogP contribution in [0.5, 0.6) is 0 Å². The number of aryl methyl sites for hydroxylation is 1. The molecule has 0 radical (unpaired) electrons. The van der Waals surface area contributed by atoms with Crippen LogP contribution in [0.3, 0.4) is 0 Å². The highest BCUT2D eigenvalue weighted by atomic mass is 16.5. The number of piperidine rings is 1. The molecule has 0 spiro atoms. The molecule has 1 fully saturated rings. The van der Waals surface area contributed by atoms with Crippen molar-refractivity contribution in [3.63, 3.8) is 0 Å². The lowest BCUT2D eigenvalue weighted by Gasteiger charge is -2.32. The van der Waals surface area contributed by atoms with Crippen molar-refractivity contribution in [1.82, 2.24) is 30.1 Å². The van der Waals surface area contributed by atoms with Gasteiger partial charge in [0.15, 0.2) is 11.6 Å². The Kier molecular flexibility index (Phi) is 7.05. The molecule has 0 bridgehead atoms. The zero-order valence-electron chi connectivity index (χ0n) is 16.6. The van der Waals surface area contributed by atoms with Gasteiger partial charge >= 0.3 is 6.09 Å². The number of likely N-dealkylation sites (tertiary alicyclic amines) is 1. The average molecular weight is 387 g/mol. The number of aliphatic imine (C=N–C) groups is 1. The van der Waals surface area contributed by atoms with Gasteiger partial charge in [0.25, 0.3) is 0 Å². The number of rotatable bonds is 6. The van der Waals surface area contributed by atoms with E-state index in [0.717, 1.165) is 49.7 Å². The molecule has 28 heavy (non-hydrogen) atoms. The van der Waals surface area contributed by atoms with Crippen molar-refractivity contribution in [2.75, 3.05) is 33.3 Å². The lowest BCUT2D eigenvalue weighted by Crippen LogP contribution is -2.49. The molecule has 9 heteroatoms. The maximum atomic E-state index is 11.6. The lowest BCUT2D eigenvalue weighted by atomic mass is 10.1. The smallest absolute Gasteiger partial charge is 0.409 e. The normalized spacial score (nSPS) is 15.6. The quantitative estimate of drug-likeness (QED) is 0.442. The minimum atomic E-state index is -0.250. The van der Waals surface area contributed by atoms with Crippen molar-refractivity contribution in [2.24, 2.45) is 4.99 Å². The van der Waals surface area contributed by atoms with Gasteiger partial charge in [-0.25, -0.2) is 4.79 Å². The molecule has 9 nitrogen and oxygen atoms in total. The third kappa shape index (κ3) is 5.11. The fraction of sp³-hybridized carbons (Fsp3) is 0.579. The molecular weight excluding hydrogens is 358 g/mol. The Labute approximate surface area is 165 Å². The van der Waals surface area contributed by atoms with Crippen LogP contribution in [0.25, 0.3) is 5.65 Å². The van der Waals surface area contributed by atoms with Gasteiger partial charge in [-0.2, -0.15) is 0 Å². The molecule has 0 atom stereocenters. The predicted molar refractivity (Wildman–Crippen MR) is 107 cm³/mol. The van der Waals surface area contributed by atoms with E-state index in [1.807, 2.05) is 28.8 Å². The highest BCUT2D eigenvalue weighted by Gasteiger charge is 2.23. The molecule has 1 saturated heterocycles. The Morgan fingerprint density at radius 2 is 2.14 bits per heavy atom. The molecule has 2 N–H and O–H groups in total. The lowest BCUT2D eigenvalue weighted by molar-refractivity contribution is 0.111. The van der Waals surface area contributed by atoms with Crippen molar-refractivity contribution < 1.29 is 9.53 Å². The van der Waals surface area contributed by atoms with E-state index in [0.29, 0.717) is 25.7 Å². The second-order valence-corrected chi connectivity index (χ2v) is 6.78. The minimum Gasteiger partial charge on any atom is -0.453 e. The van der Waals surface area contributed by atoms with E-state index >= 15 is 0 Å². The van der Waals surface area contributed by atoms with Crippen LogP contribution in [0.2, 0.25) is 0 Å². The Bertz CT molecular complexity index is 796. The summed E-state index contributed by atoms with van der Waals surface area (Å²) in [7, 11) is 1.42. The summed E-state index contributed by atoms with van der Waals surface area (Å²) < 4.78 is 6.80. The summed E-state index contributed by atoms with van der Waals surface area (Å²) in [5.74, 6) is 1.78. The molecule has 0 aliphatic carbocycles. The van der Waals surface area contributed by atoms with Crippen LogP contribution in [0.4, 0.5) is 4.79 Å². The third-order valence-electron chi connectivity index (χ3n) is 4.83. The average Bonchev–Trinajstić information content (AvgIpc) is 3.14. The number of pyridine rings is 1. The highest BCUT2D eigenvalue weighted by molar-refractivity contribution is 5.80. The SMILES string of the molecule is CCNC(=NCCCc1nnc2ccccn12)NC1CCN(C(=O)OC)CC1. The van der Waals surface area contributed by atoms with Crippen molar-refractivity contribution in [1.29, 1.82) is 0 Å². The fourth-order valence-corrected chi connectivity index (χ4v) is 3.34. The van der Waals surface area contributed by atoms with Gasteiger partial charge in [-0.1, -0.05) is 6.07 Å². The Morgan fingerprint density at radius 3 is 2.89 bits per heavy atom. The number of nitrogens with one attached hydrogen (secondary N) is 2. The summed E-state index contributed by atoms with van der Waals surface area (Å²) in [6, 6.07) is 6.20. The first-order valence-corrected chi connectivity index (χ1v) is 9.87. The molecule has 2 aromatic rings. The first-order valence-electron chi connectivity index (χ1n) is 9.87. The van der Waals surface area contributed by atoms with Crippen LogP contribution < -0.4 is 10.6 Å². The molecule has 3 heterocycles. The van der Waals surface area contributed by atoms with Crippen molar-refractivity contribution >= 4 is 17.7 Å². The van der Waals surface area contributed by atoms with Gasteiger partial charge in [0.05, 0.1) is 7.11 Å². The van der Waals surface area contributed by atoms with Crippen molar-refractivity contribution in [3.05, 3.63) is 30.2 Å². The number of hydrogen-bond acceptors (Lipinski definition) is 5. The standard InChI is InChI=1S/C19H29N7O2/c1-3-20-18(22-15-9-13-25(14-10-15)19(27)28-2)21-11-6-8-17-24-23-16-7-4-5-12-26(16)17/h4-5,7,12,15H,3,6,8-11,13-14H2,1-2H3,(H2,20,21,22). The largest absolute Gasteiger partial charge is 0.453 e. The summed E-state index contributed by atoms with van der Waals surface area (Å²) in [5.41, 5.74) is 0.870. The van der Waals surface area contributed by atoms with Crippen molar-refractivity contribution in [3.8, 4) is 0 Å². The Balaban J connectivity index is 1.47. The molecule has 2 aromatic heterocycles. The number of carbonyl (C=O) groups is 1. The monoisotopic (exact) mass is 387 g/mol. The predicted octanol–water partition coefficient (Wildman–Crippen LogP) is 1.45. The highest BCUT2D eigenvalue weighted by Crippen LogP contribution is 2.11. The number of methoxy groups -OCH3 is 1. The number of guanidine groups is 1. The van der Waals surface area contributed by atoms with E-state index < -0.39 is 0 Å². The van der Waals surface area contributed by atoms with Crippen LogP contribution in [-0.2, 0) is 11.2 Å². The molecule has 0 saturated carbocycles. The first-order chi connectivity index (χ1) is 13.7. The number of fused-ring (bicyclic) bond motifs is 1. The summed E-state index contributed by atoms with van der Waals surface area (Å²) in [5, 5.41) is 15.2. The van der Waals surface area contributed by atoms with Gasteiger partial charge in [-0.05, 0) is 38.3 Å². The molecule has 1 aliphatic rings. The van der Waals surface area contributed by atoms with E-state index in [2.05, 4.69) is 32.7 Å². The number of ether oxygens (including phenoxy) is 1. The summed E-state index contributed by atoms with van der Waals surface area (Å²) in [4.78, 5) is 18.0. The molecule has 0 aromatic carbocycles. The van der Waals surface area contributed by atoms with E-state index in [-0.39, 0.29) is 6.09 Å².